The number of alkyl halides is 5. The van der Waals surface area contributed by atoms with Gasteiger partial charge in [-0.3, -0.25) is 15.0 Å². The molecule has 14 heteroatoms. The van der Waals surface area contributed by atoms with Crippen molar-refractivity contribution >= 4 is 17.4 Å². The van der Waals surface area contributed by atoms with Crippen LogP contribution in [0.4, 0.5) is 27.8 Å². The molecule has 2 saturated heterocycles. The molecule has 2 fully saturated rings. The number of hydrogen-bond donors (Lipinski definition) is 2. The van der Waals surface area contributed by atoms with Crippen LogP contribution in [0.5, 0.6) is 0 Å². The molecule has 2 aliphatic rings. The minimum atomic E-state index is -4.68. The number of halogens is 5. The number of fused-ring (bicyclic) bond motifs is 1. The predicted octanol–water partition coefficient (Wildman–Crippen LogP) is 0.292. The van der Waals surface area contributed by atoms with E-state index in [0.29, 0.717) is 36.5 Å². The fourth-order valence-electron chi connectivity index (χ4n) is 3.41. The van der Waals surface area contributed by atoms with E-state index in [9.17, 15) is 26.7 Å². The molecule has 158 valence electrons. The molecule has 2 aliphatic heterocycles. The Morgan fingerprint density at radius 1 is 1.10 bits per heavy atom. The predicted molar refractivity (Wildman–Crippen MR) is 89.0 cm³/mol. The average molecular weight is 420 g/mol. The van der Waals surface area contributed by atoms with Crippen LogP contribution in [-0.2, 0) is 11.0 Å². The van der Waals surface area contributed by atoms with Crippen molar-refractivity contribution < 1.29 is 26.7 Å². The quantitative estimate of drug-likeness (QED) is 0.690. The minimum Gasteiger partial charge on any atom is -0.353 e. The highest BCUT2D eigenvalue weighted by atomic mass is 19.4. The molecule has 1 amide bonds. The van der Waals surface area contributed by atoms with Gasteiger partial charge in [-0.1, -0.05) is 0 Å². The van der Waals surface area contributed by atoms with Crippen molar-refractivity contribution in [2.24, 2.45) is 0 Å². The number of amides is 1. The maximum Gasteiger partial charge on any atom is 0.453 e. The molecule has 0 radical (unpaired) electrons. The Hall–Kier alpha value is -2.61. The Bertz CT molecular complexity index is 894. The first kappa shape index (κ1) is 19.7. The molecule has 2 aromatic heterocycles. The summed E-state index contributed by atoms with van der Waals surface area (Å²) < 4.78 is 65.7. The third kappa shape index (κ3) is 3.94. The van der Waals surface area contributed by atoms with Crippen LogP contribution in [0.25, 0.3) is 5.65 Å². The molecule has 2 atom stereocenters. The van der Waals surface area contributed by atoms with E-state index in [1.165, 1.54) is 6.07 Å². The molecular weight excluding hydrogens is 403 g/mol. The zero-order valence-corrected chi connectivity index (χ0v) is 14.9. The van der Waals surface area contributed by atoms with Crippen molar-refractivity contribution in [3.63, 3.8) is 0 Å². The molecule has 2 aromatic rings. The number of aromatic nitrogens is 4. The molecule has 0 aliphatic carbocycles. The molecular formula is C15H17F5N8O. The van der Waals surface area contributed by atoms with E-state index < -0.39 is 36.7 Å². The van der Waals surface area contributed by atoms with E-state index in [1.807, 2.05) is 0 Å². The van der Waals surface area contributed by atoms with Crippen LogP contribution in [-0.4, -0.2) is 75.6 Å². The lowest BCUT2D eigenvalue weighted by molar-refractivity contribution is -0.146. The van der Waals surface area contributed by atoms with Crippen LogP contribution >= 0.6 is 0 Å². The number of carbonyl (C=O) groups excluding carboxylic acids is 1. The van der Waals surface area contributed by atoms with Crippen LogP contribution < -0.4 is 15.5 Å². The van der Waals surface area contributed by atoms with Crippen molar-refractivity contribution in [1.29, 1.82) is 0 Å². The number of hydrogen-bond acceptors (Lipinski definition) is 7. The Morgan fingerprint density at radius 3 is 2.48 bits per heavy atom. The number of piperazine rings is 1. The van der Waals surface area contributed by atoms with E-state index in [-0.39, 0.29) is 12.1 Å². The SMILES string of the molecule is O=C1CC(C(F)F)NC(N2CCN(c3ccc4nnc(C(F)(F)F)n4n3)CC2)N1. The largest absolute Gasteiger partial charge is 0.453 e. The Morgan fingerprint density at radius 2 is 1.83 bits per heavy atom. The van der Waals surface area contributed by atoms with Crippen molar-refractivity contribution in [2.75, 3.05) is 31.1 Å². The number of rotatable bonds is 3. The second-order valence-electron chi connectivity index (χ2n) is 6.79. The van der Waals surface area contributed by atoms with E-state index in [1.54, 1.807) is 15.9 Å². The van der Waals surface area contributed by atoms with Crippen molar-refractivity contribution in [2.45, 2.75) is 31.4 Å². The van der Waals surface area contributed by atoms with Gasteiger partial charge in [-0.25, -0.2) is 8.78 Å². The van der Waals surface area contributed by atoms with Gasteiger partial charge in [0, 0.05) is 32.6 Å². The summed E-state index contributed by atoms with van der Waals surface area (Å²) in [5.74, 6) is -1.35. The first-order valence-corrected chi connectivity index (χ1v) is 8.84. The summed E-state index contributed by atoms with van der Waals surface area (Å²) in [5.41, 5.74) is -0.0214. The number of nitrogens with one attached hydrogen (secondary N) is 2. The van der Waals surface area contributed by atoms with Crippen LogP contribution in [0.2, 0.25) is 0 Å². The lowest BCUT2D eigenvalue weighted by Gasteiger charge is -2.43. The van der Waals surface area contributed by atoms with Gasteiger partial charge in [0.15, 0.2) is 5.65 Å². The number of anilines is 1. The van der Waals surface area contributed by atoms with Gasteiger partial charge in [-0.2, -0.15) is 17.7 Å². The first-order chi connectivity index (χ1) is 13.7. The summed E-state index contributed by atoms with van der Waals surface area (Å²) in [6.45, 7) is 1.55. The summed E-state index contributed by atoms with van der Waals surface area (Å²) in [6.07, 6.45) is -8.36. The monoisotopic (exact) mass is 420 g/mol. The highest BCUT2D eigenvalue weighted by Crippen LogP contribution is 2.28. The van der Waals surface area contributed by atoms with Gasteiger partial charge in [0.1, 0.15) is 12.1 Å². The van der Waals surface area contributed by atoms with E-state index in [2.05, 4.69) is 25.9 Å². The molecule has 4 rings (SSSR count). The van der Waals surface area contributed by atoms with Gasteiger partial charge in [-0.15, -0.1) is 15.3 Å². The lowest BCUT2D eigenvalue weighted by Crippen LogP contribution is -2.67. The third-order valence-corrected chi connectivity index (χ3v) is 4.88. The lowest BCUT2D eigenvalue weighted by atomic mass is 10.1. The molecule has 0 saturated carbocycles. The van der Waals surface area contributed by atoms with Crippen LogP contribution in [0.1, 0.15) is 12.2 Å². The van der Waals surface area contributed by atoms with Crippen LogP contribution in [0.15, 0.2) is 12.1 Å². The summed E-state index contributed by atoms with van der Waals surface area (Å²) >= 11 is 0. The van der Waals surface area contributed by atoms with Gasteiger partial charge < -0.3 is 10.2 Å². The summed E-state index contributed by atoms with van der Waals surface area (Å²) in [5, 5.41) is 16.0. The van der Waals surface area contributed by atoms with Gasteiger partial charge in [0.05, 0.1) is 6.04 Å². The van der Waals surface area contributed by atoms with E-state index in [4.69, 9.17) is 0 Å². The summed E-state index contributed by atoms with van der Waals surface area (Å²) in [7, 11) is 0. The molecule has 9 nitrogen and oxygen atoms in total. The van der Waals surface area contributed by atoms with Gasteiger partial charge in [0.25, 0.3) is 12.2 Å². The molecule has 4 heterocycles. The Balaban J connectivity index is 1.45. The van der Waals surface area contributed by atoms with Crippen LogP contribution in [0.3, 0.4) is 0 Å². The van der Waals surface area contributed by atoms with Crippen molar-refractivity contribution in [1.82, 2.24) is 35.3 Å². The summed E-state index contributed by atoms with van der Waals surface area (Å²) in [4.78, 5) is 15.3. The number of carbonyl (C=O) groups is 1. The van der Waals surface area contributed by atoms with Crippen molar-refractivity contribution in [3.05, 3.63) is 18.0 Å². The molecule has 0 spiro atoms. The zero-order chi connectivity index (χ0) is 20.8. The minimum absolute atomic E-state index is 0.0214. The second-order valence-corrected chi connectivity index (χ2v) is 6.79. The standard InChI is InChI=1S/C15H17F5N8O/c16-12(17)8-7-11(29)22-14(21-8)27-5-3-26(4-6-27)10-2-1-9-23-24-13(15(18,19)20)28(9)25-10/h1-2,8,12,14,21H,3-7H2,(H,22,29). The van der Waals surface area contributed by atoms with Gasteiger partial charge in [0.2, 0.25) is 5.91 Å². The van der Waals surface area contributed by atoms with Gasteiger partial charge in [-0.05, 0) is 12.1 Å². The third-order valence-electron chi connectivity index (χ3n) is 4.88. The van der Waals surface area contributed by atoms with E-state index in [0.717, 1.165) is 0 Å². The topological polar surface area (TPSA) is 90.7 Å². The van der Waals surface area contributed by atoms with Gasteiger partial charge >= 0.3 is 6.18 Å². The van der Waals surface area contributed by atoms with Crippen molar-refractivity contribution in [3.8, 4) is 0 Å². The highest BCUT2D eigenvalue weighted by molar-refractivity contribution is 5.77. The average Bonchev–Trinajstić information content (AvgIpc) is 3.11. The summed E-state index contributed by atoms with van der Waals surface area (Å²) in [6, 6.07) is 1.73. The smallest absolute Gasteiger partial charge is 0.353 e. The fraction of sp³-hybridized carbons (Fsp3) is 0.600. The molecule has 2 unspecified atom stereocenters. The maximum absolute atomic E-state index is 13.0. The van der Waals surface area contributed by atoms with E-state index >= 15 is 0 Å². The normalized spacial score (nSPS) is 24.3. The first-order valence-electron chi connectivity index (χ1n) is 8.84. The fourth-order valence-corrected chi connectivity index (χ4v) is 3.41. The molecule has 29 heavy (non-hydrogen) atoms. The molecule has 0 bridgehead atoms. The maximum atomic E-state index is 13.0. The Kier molecular flexibility index (Phi) is 4.98. The highest BCUT2D eigenvalue weighted by Gasteiger charge is 2.38. The second kappa shape index (κ2) is 7.33. The number of nitrogens with zero attached hydrogens (tertiary/aromatic N) is 6. The molecule has 2 N–H and O–H groups in total. The zero-order valence-electron chi connectivity index (χ0n) is 14.9. The molecule has 0 aromatic carbocycles. The Labute approximate surface area is 160 Å². The van der Waals surface area contributed by atoms with Crippen LogP contribution in [0, 0.1) is 0 Å².